The van der Waals surface area contributed by atoms with Crippen LogP contribution in [0.2, 0.25) is 0 Å². The largest absolute Gasteiger partial charge is 0.480 e. The van der Waals surface area contributed by atoms with E-state index >= 15 is 0 Å². The molecule has 1 atom stereocenters. The molecule has 0 bridgehead atoms. The lowest BCUT2D eigenvalue weighted by Gasteiger charge is -2.18. The Hall–Kier alpha value is -3.12. The SMILES string of the molecule is Cc1cc(C[C@@H](NC(=O)OCC2c3ccccc3-c3ccccc32)C(=O)O)ccc1Br. The van der Waals surface area contributed by atoms with Crippen molar-refractivity contribution in [3.05, 3.63) is 93.5 Å². The molecule has 0 saturated carbocycles. The minimum Gasteiger partial charge on any atom is -0.480 e. The van der Waals surface area contributed by atoms with Gasteiger partial charge in [0, 0.05) is 16.8 Å². The normalized spacial score (nSPS) is 13.2. The molecule has 0 saturated heterocycles. The summed E-state index contributed by atoms with van der Waals surface area (Å²) in [6.07, 6.45) is -0.559. The van der Waals surface area contributed by atoms with E-state index in [0.717, 1.165) is 37.9 Å². The van der Waals surface area contributed by atoms with Crippen LogP contribution in [-0.2, 0) is 16.0 Å². The van der Waals surface area contributed by atoms with Crippen molar-refractivity contribution in [3.8, 4) is 11.1 Å². The number of carbonyl (C=O) groups is 2. The molecule has 3 aromatic carbocycles. The second-order valence-electron chi connectivity index (χ2n) is 7.65. The third-order valence-corrected chi connectivity index (χ3v) is 6.49. The fourth-order valence-corrected chi connectivity index (χ4v) is 4.30. The van der Waals surface area contributed by atoms with Crippen LogP contribution in [0.25, 0.3) is 11.1 Å². The number of amides is 1. The zero-order chi connectivity index (χ0) is 22.0. The highest BCUT2D eigenvalue weighted by atomic mass is 79.9. The first-order chi connectivity index (χ1) is 14.9. The smallest absolute Gasteiger partial charge is 0.407 e. The van der Waals surface area contributed by atoms with Crippen LogP contribution in [0.15, 0.2) is 71.2 Å². The van der Waals surface area contributed by atoms with Gasteiger partial charge in [-0.15, -0.1) is 0 Å². The van der Waals surface area contributed by atoms with Crippen LogP contribution in [0.1, 0.15) is 28.2 Å². The molecule has 0 radical (unpaired) electrons. The lowest BCUT2D eigenvalue weighted by atomic mass is 9.98. The Labute approximate surface area is 189 Å². The van der Waals surface area contributed by atoms with Gasteiger partial charge in [-0.05, 0) is 46.4 Å². The van der Waals surface area contributed by atoms with Crippen molar-refractivity contribution in [2.75, 3.05) is 6.61 Å². The van der Waals surface area contributed by atoms with Crippen LogP contribution >= 0.6 is 15.9 Å². The molecular formula is C25H22BrNO4. The van der Waals surface area contributed by atoms with E-state index < -0.39 is 18.1 Å². The highest BCUT2D eigenvalue weighted by molar-refractivity contribution is 9.10. The first-order valence-corrected chi connectivity index (χ1v) is 10.8. The number of carbonyl (C=O) groups excluding carboxylic acids is 1. The van der Waals surface area contributed by atoms with E-state index in [9.17, 15) is 14.7 Å². The molecule has 4 rings (SSSR count). The van der Waals surface area contributed by atoms with E-state index in [1.807, 2.05) is 61.5 Å². The van der Waals surface area contributed by atoms with Crippen molar-refractivity contribution in [3.63, 3.8) is 0 Å². The number of halogens is 1. The average Bonchev–Trinajstić information content (AvgIpc) is 3.08. The summed E-state index contributed by atoms with van der Waals surface area (Å²) in [6, 6.07) is 20.7. The number of alkyl carbamates (subject to hydrolysis) is 1. The molecule has 1 aliphatic carbocycles. The first-order valence-electron chi connectivity index (χ1n) is 10.0. The summed E-state index contributed by atoms with van der Waals surface area (Å²) in [5.74, 6) is -1.18. The molecule has 3 aromatic rings. The number of hydrogen-bond donors (Lipinski definition) is 2. The van der Waals surface area contributed by atoms with Gasteiger partial charge in [-0.25, -0.2) is 9.59 Å². The summed E-state index contributed by atoms with van der Waals surface area (Å²) in [6.45, 7) is 2.08. The minimum atomic E-state index is -1.10. The number of carboxylic acids is 1. The molecule has 0 fully saturated rings. The van der Waals surface area contributed by atoms with Crippen LogP contribution in [0.4, 0.5) is 4.79 Å². The number of aliphatic carboxylic acids is 1. The Balaban J connectivity index is 1.43. The zero-order valence-corrected chi connectivity index (χ0v) is 18.6. The van der Waals surface area contributed by atoms with Gasteiger partial charge in [-0.1, -0.05) is 76.6 Å². The molecule has 0 spiro atoms. The number of carboxylic acid groups (broad SMARTS) is 1. The quantitative estimate of drug-likeness (QED) is 0.503. The molecule has 6 heteroatoms. The lowest BCUT2D eigenvalue weighted by molar-refractivity contribution is -0.139. The van der Waals surface area contributed by atoms with E-state index in [1.54, 1.807) is 0 Å². The van der Waals surface area contributed by atoms with Crippen molar-refractivity contribution in [1.29, 1.82) is 0 Å². The number of hydrogen-bond acceptors (Lipinski definition) is 3. The van der Waals surface area contributed by atoms with Crippen LogP contribution in [0, 0.1) is 6.92 Å². The highest BCUT2D eigenvalue weighted by Crippen LogP contribution is 2.44. The molecule has 0 unspecified atom stereocenters. The summed E-state index contributed by atoms with van der Waals surface area (Å²) in [7, 11) is 0. The zero-order valence-electron chi connectivity index (χ0n) is 17.0. The molecule has 2 N–H and O–H groups in total. The minimum absolute atomic E-state index is 0.0736. The Morgan fingerprint density at radius 2 is 1.65 bits per heavy atom. The Morgan fingerprint density at radius 1 is 1.03 bits per heavy atom. The number of benzene rings is 3. The number of fused-ring (bicyclic) bond motifs is 3. The molecule has 0 aromatic heterocycles. The van der Waals surface area contributed by atoms with Gasteiger partial charge in [0.1, 0.15) is 12.6 Å². The second kappa shape index (κ2) is 8.94. The van der Waals surface area contributed by atoms with Crippen molar-refractivity contribution in [2.24, 2.45) is 0 Å². The van der Waals surface area contributed by atoms with Crippen molar-refractivity contribution < 1.29 is 19.4 Å². The topological polar surface area (TPSA) is 75.6 Å². The summed E-state index contributed by atoms with van der Waals surface area (Å²) in [4.78, 5) is 24.1. The summed E-state index contributed by atoms with van der Waals surface area (Å²) < 4.78 is 6.43. The Kier molecular flexibility index (Phi) is 6.09. The van der Waals surface area contributed by atoms with E-state index in [2.05, 4.69) is 33.4 Å². The van der Waals surface area contributed by atoms with Gasteiger partial charge in [-0.3, -0.25) is 0 Å². The molecule has 1 aliphatic rings. The predicted octanol–water partition coefficient (Wildman–Crippen LogP) is 5.29. The molecular weight excluding hydrogens is 458 g/mol. The third-order valence-electron chi connectivity index (χ3n) is 5.60. The predicted molar refractivity (Wildman–Crippen MR) is 122 cm³/mol. The number of aryl methyl sites for hydroxylation is 1. The van der Waals surface area contributed by atoms with Crippen molar-refractivity contribution >= 4 is 28.0 Å². The molecule has 0 heterocycles. The lowest BCUT2D eigenvalue weighted by Crippen LogP contribution is -2.42. The maximum atomic E-state index is 12.4. The second-order valence-corrected chi connectivity index (χ2v) is 8.50. The monoisotopic (exact) mass is 479 g/mol. The van der Waals surface area contributed by atoms with E-state index in [-0.39, 0.29) is 18.9 Å². The Bertz CT molecular complexity index is 1100. The molecule has 158 valence electrons. The average molecular weight is 480 g/mol. The molecule has 31 heavy (non-hydrogen) atoms. The van der Waals surface area contributed by atoms with E-state index in [1.165, 1.54) is 0 Å². The fourth-order valence-electron chi connectivity index (χ4n) is 4.05. The number of ether oxygens (including phenoxy) is 1. The van der Waals surface area contributed by atoms with Gasteiger partial charge in [0.2, 0.25) is 0 Å². The maximum Gasteiger partial charge on any atom is 0.407 e. The van der Waals surface area contributed by atoms with Crippen LogP contribution in [-0.4, -0.2) is 29.8 Å². The molecule has 1 amide bonds. The van der Waals surface area contributed by atoms with Crippen LogP contribution in [0.5, 0.6) is 0 Å². The van der Waals surface area contributed by atoms with Gasteiger partial charge in [-0.2, -0.15) is 0 Å². The number of rotatable bonds is 6. The van der Waals surface area contributed by atoms with Crippen molar-refractivity contribution in [1.82, 2.24) is 5.32 Å². The maximum absolute atomic E-state index is 12.4. The highest BCUT2D eigenvalue weighted by Gasteiger charge is 2.29. The fraction of sp³-hybridized carbons (Fsp3) is 0.200. The first kappa shape index (κ1) is 21.1. The summed E-state index contributed by atoms with van der Waals surface area (Å²) in [5, 5.41) is 12.1. The van der Waals surface area contributed by atoms with Crippen LogP contribution in [0.3, 0.4) is 0 Å². The Morgan fingerprint density at radius 3 is 2.23 bits per heavy atom. The van der Waals surface area contributed by atoms with Crippen molar-refractivity contribution in [2.45, 2.75) is 25.3 Å². The standard InChI is InChI=1S/C25H22BrNO4/c1-15-12-16(10-11-22(15)26)13-23(24(28)29)27-25(30)31-14-21-19-8-4-2-6-17(19)18-7-3-5-9-20(18)21/h2-12,21,23H,13-14H2,1H3,(H,27,30)(H,28,29)/t23-/m1/s1. The van der Waals surface area contributed by atoms with E-state index in [0.29, 0.717) is 0 Å². The molecule has 5 nitrogen and oxygen atoms in total. The van der Waals surface area contributed by atoms with Gasteiger partial charge in [0.05, 0.1) is 0 Å². The molecule has 0 aliphatic heterocycles. The van der Waals surface area contributed by atoms with Crippen LogP contribution < -0.4 is 5.32 Å². The van der Waals surface area contributed by atoms with Gasteiger partial charge in [0.15, 0.2) is 0 Å². The third kappa shape index (κ3) is 4.49. The summed E-state index contributed by atoms with van der Waals surface area (Å²) in [5.41, 5.74) is 6.32. The van der Waals surface area contributed by atoms with Gasteiger partial charge < -0.3 is 15.2 Å². The summed E-state index contributed by atoms with van der Waals surface area (Å²) >= 11 is 3.43. The van der Waals surface area contributed by atoms with Gasteiger partial charge >= 0.3 is 12.1 Å². The number of nitrogens with one attached hydrogen (secondary N) is 1. The van der Waals surface area contributed by atoms with E-state index in [4.69, 9.17) is 4.74 Å². The van der Waals surface area contributed by atoms with Gasteiger partial charge in [0.25, 0.3) is 0 Å².